The summed E-state index contributed by atoms with van der Waals surface area (Å²) in [6.07, 6.45) is -3.04. The van der Waals surface area contributed by atoms with Crippen LogP contribution in [0.3, 0.4) is 0 Å². The molecule has 98 valence electrons. The van der Waals surface area contributed by atoms with Crippen molar-refractivity contribution in [1.82, 2.24) is 9.78 Å². The van der Waals surface area contributed by atoms with Gasteiger partial charge in [0.05, 0.1) is 11.8 Å². The second-order valence-electron chi connectivity index (χ2n) is 4.97. The quantitative estimate of drug-likeness (QED) is 0.776. The Morgan fingerprint density at radius 1 is 1.22 bits per heavy atom. The maximum atomic E-state index is 12.7. The molecular formula is C12H13F3N2O. The fraction of sp³-hybridized carbons (Fsp3) is 0.417. The smallest absolute Gasteiger partial charge is 0.435 e. The molecule has 18 heavy (non-hydrogen) atoms. The minimum atomic E-state index is -4.46. The number of hydrogen-bond acceptors (Lipinski definition) is 2. The van der Waals surface area contributed by atoms with E-state index in [9.17, 15) is 13.2 Å². The van der Waals surface area contributed by atoms with Crippen LogP contribution in [-0.4, -0.2) is 9.78 Å². The van der Waals surface area contributed by atoms with Gasteiger partial charge in [-0.15, -0.1) is 0 Å². The number of furan rings is 1. The molecule has 6 heteroatoms. The maximum absolute atomic E-state index is 12.7. The van der Waals surface area contributed by atoms with Crippen LogP contribution < -0.4 is 0 Å². The monoisotopic (exact) mass is 258 g/mol. The Hall–Kier alpha value is -1.72. The molecule has 0 unspecified atom stereocenters. The van der Waals surface area contributed by atoms with Gasteiger partial charge in [0.15, 0.2) is 11.5 Å². The number of hydrogen-bond donors (Lipinski definition) is 0. The summed E-state index contributed by atoms with van der Waals surface area (Å²) in [6, 6.07) is 4.24. The Kier molecular flexibility index (Phi) is 2.76. The number of rotatable bonds is 1. The molecular weight excluding hydrogens is 245 g/mol. The van der Waals surface area contributed by atoms with Crippen molar-refractivity contribution in [2.75, 3.05) is 0 Å². The fourth-order valence-electron chi connectivity index (χ4n) is 1.63. The Morgan fingerprint density at radius 2 is 1.89 bits per heavy atom. The molecule has 0 atom stereocenters. The van der Waals surface area contributed by atoms with E-state index in [2.05, 4.69) is 5.10 Å². The molecule has 0 saturated heterocycles. The van der Waals surface area contributed by atoms with Crippen LogP contribution in [-0.2, 0) is 11.7 Å². The first-order chi connectivity index (χ1) is 8.19. The topological polar surface area (TPSA) is 31.0 Å². The molecule has 0 bridgehead atoms. The molecule has 3 nitrogen and oxygen atoms in total. The molecule has 0 aliphatic heterocycles. The van der Waals surface area contributed by atoms with Crippen LogP contribution in [0.25, 0.3) is 11.5 Å². The lowest BCUT2D eigenvalue weighted by atomic mass is 10.1. The zero-order valence-electron chi connectivity index (χ0n) is 10.2. The highest BCUT2D eigenvalue weighted by atomic mass is 19.4. The van der Waals surface area contributed by atoms with Gasteiger partial charge in [0.2, 0.25) is 0 Å². The van der Waals surface area contributed by atoms with Crippen molar-refractivity contribution in [3.63, 3.8) is 0 Å². The predicted octanol–water partition coefficient (Wildman–Crippen LogP) is 3.92. The highest BCUT2D eigenvalue weighted by Crippen LogP contribution is 2.34. The zero-order valence-corrected chi connectivity index (χ0v) is 10.2. The summed E-state index contributed by atoms with van der Waals surface area (Å²) in [5.74, 6) is 0.368. The van der Waals surface area contributed by atoms with Crippen LogP contribution in [0.5, 0.6) is 0 Å². The van der Waals surface area contributed by atoms with E-state index in [0.717, 1.165) is 6.07 Å². The highest BCUT2D eigenvalue weighted by Gasteiger charge is 2.36. The summed E-state index contributed by atoms with van der Waals surface area (Å²) in [7, 11) is 0. The third-order valence-corrected chi connectivity index (χ3v) is 2.41. The van der Waals surface area contributed by atoms with Crippen LogP contribution in [0.4, 0.5) is 13.2 Å². The lowest BCUT2D eigenvalue weighted by molar-refractivity contribution is -0.141. The van der Waals surface area contributed by atoms with Crippen LogP contribution in [0, 0.1) is 0 Å². The summed E-state index contributed by atoms with van der Waals surface area (Å²) in [4.78, 5) is 0. The number of aromatic nitrogens is 2. The number of alkyl halides is 3. The molecule has 0 saturated carbocycles. The molecule has 0 aromatic carbocycles. The Labute approximate surface area is 102 Å². The van der Waals surface area contributed by atoms with E-state index in [1.54, 1.807) is 32.9 Å². The maximum Gasteiger partial charge on any atom is 0.435 e. The van der Waals surface area contributed by atoms with Crippen molar-refractivity contribution in [1.29, 1.82) is 0 Å². The fourth-order valence-corrected chi connectivity index (χ4v) is 1.63. The third-order valence-electron chi connectivity index (χ3n) is 2.41. The van der Waals surface area contributed by atoms with Gasteiger partial charge in [0.1, 0.15) is 5.69 Å². The van der Waals surface area contributed by atoms with Crippen LogP contribution >= 0.6 is 0 Å². The van der Waals surface area contributed by atoms with Gasteiger partial charge in [-0.3, -0.25) is 4.68 Å². The van der Waals surface area contributed by atoms with Gasteiger partial charge in [-0.05, 0) is 39.0 Å². The molecule has 0 spiro atoms. The molecule has 2 rings (SSSR count). The van der Waals surface area contributed by atoms with E-state index < -0.39 is 17.4 Å². The van der Waals surface area contributed by atoms with E-state index in [-0.39, 0.29) is 0 Å². The van der Waals surface area contributed by atoms with E-state index in [1.165, 1.54) is 10.9 Å². The average molecular weight is 258 g/mol. The van der Waals surface area contributed by atoms with Crippen LogP contribution in [0.15, 0.2) is 28.9 Å². The van der Waals surface area contributed by atoms with E-state index in [1.807, 2.05) is 0 Å². The summed E-state index contributed by atoms with van der Waals surface area (Å²) in [5, 5.41) is 3.64. The van der Waals surface area contributed by atoms with Gasteiger partial charge in [-0.2, -0.15) is 18.3 Å². The lowest BCUT2D eigenvalue weighted by Gasteiger charge is -2.21. The van der Waals surface area contributed by atoms with Crippen molar-refractivity contribution in [2.45, 2.75) is 32.5 Å². The molecule has 0 N–H and O–H groups in total. The average Bonchev–Trinajstić information content (AvgIpc) is 2.84. The molecule has 0 amide bonds. The molecule has 0 fully saturated rings. The van der Waals surface area contributed by atoms with Crippen LogP contribution in [0.1, 0.15) is 26.5 Å². The normalized spacial score (nSPS) is 13.0. The standard InChI is InChI=1S/C12H13F3N2O/c1-11(2,3)17-8(9-5-4-6-18-9)7-10(16-17)12(13,14)15/h4-7H,1-3H3. The van der Waals surface area contributed by atoms with Crippen molar-refractivity contribution in [3.05, 3.63) is 30.2 Å². The first-order valence-corrected chi connectivity index (χ1v) is 5.41. The lowest BCUT2D eigenvalue weighted by Crippen LogP contribution is -2.24. The van der Waals surface area contributed by atoms with E-state index in [4.69, 9.17) is 4.42 Å². The summed E-state index contributed by atoms with van der Waals surface area (Å²) < 4.78 is 44.6. The first kappa shape index (κ1) is 12.7. The summed E-state index contributed by atoms with van der Waals surface area (Å²) in [6.45, 7) is 5.35. The molecule has 2 aromatic heterocycles. The highest BCUT2D eigenvalue weighted by molar-refractivity contribution is 5.53. The van der Waals surface area contributed by atoms with Gasteiger partial charge in [-0.1, -0.05) is 0 Å². The number of halogens is 3. The second-order valence-corrected chi connectivity index (χ2v) is 4.97. The van der Waals surface area contributed by atoms with Gasteiger partial charge >= 0.3 is 6.18 Å². The van der Waals surface area contributed by atoms with Crippen molar-refractivity contribution in [2.24, 2.45) is 0 Å². The molecule has 0 radical (unpaired) electrons. The molecule has 0 aliphatic carbocycles. The number of nitrogens with zero attached hydrogens (tertiary/aromatic N) is 2. The zero-order chi connectivity index (χ0) is 13.6. The van der Waals surface area contributed by atoms with Crippen molar-refractivity contribution < 1.29 is 17.6 Å². The third kappa shape index (κ3) is 2.27. The van der Waals surface area contributed by atoms with Crippen molar-refractivity contribution in [3.8, 4) is 11.5 Å². The second kappa shape index (κ2) is 3.90. The summed E-state index contributed by atoms with van der Waals surface area (Å²) in [5.41, 5.74) is -1.16. The van der Waals surface area contributed by atoms with Gasteiger partial charge in [-0.25, -0.2) is 0 Å². The SMILES string of the molecule is CC(C)(C)n1nc(C(F)(F)F)cc1-c1ccco1. The van der Waals surface area contributed by atoms with E-state index in [0.29, 0.717) is 11.5 Å². The largest absolute Gasteiger partial charge is 0.463 e. The van der Waals surface area contributed by atoms with Gasteiger partial charge in [0.25, 0.3) is 0 Å². The Bertz CT molecular complexity index is 533. The molecule has 2 heterocycles. The van der Waals surface area contributed by atoms with Crippen LogP contribution in [0.2, 0.25) is 0 Å². The minimum Gasteiger partial charge on any atom is -0.463 e. The Morgan fingerprint density at radius 3 is 2.33 bits per heavy atom. The van der Waals surface area contributed by atoms with Crippen molar-refractivity contribution >= 4 is 0 Å². The summed E-state index contributed by atoms with van der Waals surface area (Å²) >= 11 is 0. The Balaban J connectivity index is 2.61. The first-order valence-electron chi connectivity index (χ1n) is 5.41. The van der Waals surface area contributed by atoms with E-state index >= 15 is 0 Å². The minimum absolute atomic E-state index is 0.319. The van der Waals surface area contributed by atoms with Gasteiger partial charge in [0, 0.05) is 0 Å². The molecule has 2 aromatic rings. The predicted molar refractivity (Wildman–Crippen MR) is 59.9 cm³/mol. The van der Waals surface area contributed by atoms with Gasteiger partial charge < -0.3 is 4.42 Å². The molecule has 0 aliphatic rings.